The number of carbonyl (C=O) groups is 2. The lowest BCUT2D eigenvalue weighted by atomic mass is 10.1. The lowest BCUT2D eigenvalue weighted by Gasteiger charge is -2.12. The fourth-order valence-corrected chi connectivity index (χ4v) is 1.77. The topological polar surface area (TPSA) is 70.7 Å². The molecule has 0 saturated heterocycles. The zero-order valence-corrected chi connectivity index (χ0v) is 13.5. The van der Waals surface area contributed by atoms with Crippen LogP contribution in [0.2, 0.25) is 0 Å². The van der Waals surface area contributed by atoms with Gasteiger partial charge in [-0.25, -0.2) is 4.79 Å². The highest BCUT2D eigenvalue weighted by Gasteiger charge is 2.04. The van der Waals surface area contributed by atoms with E-state index in [9.17, 15) is 9.59 Å². The third kappa shape index (κ3) is 6.97. The van der Waals surface area contributed by atoms with Gasteiger partial charge in [-0.1, -0.05) is 25.5 Å². The van der Waals surface area contributed by atoms with E-state index in [0.29, 0.717) is 18.8 Å². The van der Waals surface area contributed by atoms with Crippen LogP contribution >= 0.6 is 0 Å². The average molecular weight is 307 g/mol. The predicted octanol–water partition coefficient (Wildman–Crippen LogP) is 1.41. The summed E-state index contributed by atoms with van der Waals surface area (Å²) in [6.07, 6.45) is 2.15. The van der Waals surface area contributed by atoms with Crippen LogP contribution in [-0.2, 0) is 11.2 Å². The summed E-state index contributed by atoms with van der Waals surface area (Å²) in [5.41, 5.74) is 1.26. The number of benzene rings is 1. The Kier molecular flexibility index (Phi) is 7.81. The summed E-state index contributed by atoms with van der Waals surface area (Å²) >= 11 is 0. The third-order valence-corrected chi connectivity index (χ3v) is 2.96. The molecule has 22 heavy (non-hydrogen) atoms. The van der Waals surface area contributed by atoms with Crippen LogP contribution in [-0.4, -0.2) is 50.6 Å². The van der Waals surface area contributed by atoms with Crippen LogP contribution in [0.5, 0.6) is 5.75 Å². The molecule has 1 aromatic rings. The molecule has 0 spiro atoms. The molecule has 0 saturated carbocycles. The second-order valence-electron chi connectivity index (χ2n) is 5.16. The summed E-state index contributed by atoms with van der Waals surface area (Å²) in [6, 6.07) is 7.57. The zero-order chi connectivity index (χ0) is 16.4. The Morgan fingerprint density at radius 1 is 1.09 bits per heavy atom. The first-order valence-corrected chi connectivity index (χ1v) is 7.46. The van der Waals surface area contributed by atoms with E-state index >= 15 is 0 Å². The molecular formula is C16H25N3O3. The number of hydrogen-bond donors (Lipinski definition) is 2. The first-order valence-electron chi connectivity index (χ1n) is 7.46. The maximum atomic E-state index is 11.6. The van der Waals surface area contributed by atoms with Gasteiger partial charge in [0.1, 0.15) is 5.75 Å². The SMILES string of the molecule is CCCc1ccc(OCC(=O)NCCNC(=O)N(C)C)cc1. The third-order valence-electron chi connectivity index (χ3n) is 2.96. The van der Waals surface area contributed by atoms with Crippen LogP contribution in [0.4, 0.5) is 4.79 Å². The molecule has 0 bridgehead atoms. The van der Waals surface area contributed by atoms with Gasteiger partial charge in [0.25, 0.3) is 5.91 Å². The minimum Gasteiger partial charge on any atom is -0.484 e. The molecule has 6 heteroatoms. The van der Waals surface area contributed by atoms with E-state index in [1.54, 1.807) is 14.1 Å². The zero-order valence-electron chi connectivity index (χ0n) is 13.5. The second-order valence-corrected chi connectivity index (χ2v) is 5.16. The summed E-state index contributed by atoms with van der Waals surface area (Å²) in [4.78, 5) is 24.3. The number of rotatable bonds is 8. The minimum atomic E-state index is -0.211. The molecule has 0 aliphatic carbocycles. The monoisotopic (exact) mass is 307 g/mol. The quantitative estimate of drug-likeness (QED) is 0.713. The number of nitrogens with zero attached hydrogens (tertiary/aromatic N) is 1. The van der Waals surface area contributed by atoms with E-state index in [0.717, 1.165) is 12.8 Å². The van der Waals surface area contributed by atoms with Crippen molar-refractivity contribution in [3.63, 3.8) is 0 Å². The van der Waals surface area contributed by atoms with Gasteiger partial charge in [-0.3, -0.25) is 4.79 Å². The Balaban J connectivity index is 2.18. The van der Waals surface area contributed by atoms with Crippen molar-refractivity contribution in [2.75, 3.05) is 33.8 Å². The summed E-state index contributed by atoms with van der Waals surface area (Å²) in [6.45, 7) is 2.86. The minimum absolute atomic E-state index is 0.0330. The molecule has 0 aliphatic rings. The van der Waals surface area contributed by atoms with Crippen molar-refractivity contribution in [2.24, 2.45) is 0 Å². The van der Waals surface area contributed by atoms with Gasteiger partial charge in [-0.15, -0.1) is 0 Å². The van der Waals surface area contributed by atoms with E-state index in [-0.39, 0.29) is 18.5 Å². The van der Waals surface area contributed by atoms with Crippen LogP contribution in [0.3, 0.4) is 0 Å². The highest BCUT2D eigenvalue weighted by molar-refractivity contribution is 5.77. The Hall–Kier alpha value is -2.24. The number of ether oxygens (including phenoxy) is 1. The maximum absolute atomic E-state index is 11.6. The molecule has 1 rings (SSSR count). The molecule has 0 fully saturated rings. The Bertz CT molecular complexity index is 472. The van der Waals surface area contributed by atoms with Crippen molar-refractivity contribution in [1.29, 1.82) is 0 Å². The van der Waals surface area contributed by atoms with Crippen molar-refractivity contribution in [2.45, 2.75) is 19.8 Å². The molecule has 0 aromatic heterocycles. The standard InChI is InChI=1S/C16H25N3O3/c1-4-5-13-6-8-14(9-7-13)22-12-15(20)17-10-11-18-16(21)19(2)3/h6-9H,4-5,10-12H2,1-3H3,(H,17,20)(H,18,21). The van der Waals surface area contributed by atoms with E-state index in [1.165, 1.54) is 10.5 Å². The largest absolute Gasteiger partial charge is 0.484 e. The van der Waals surface area contributed by atoms with Crippen molar-refractivity contribution in [3.05, 3.63) is 29.8 Å². The fraction of sp³-hybridized carbons (Fsp3) is 0.500. The highest BCUT2D eigenvalue weighted by Crippen LogP contribution is 2.13. The Morgan fingerprint density at radius 2 is 1.73 bits per heavy atom. The summed E-state index contributed by atoms with van der Waals surface area (Å²) in [5.74, 6) is 0.465. The average Bonchev–Trinajstić information content (AvgIpc) is 2.50. The van der Waals surface area contributed by atoms with E-state index < -0.39 is 0 Å². The van der Waals surface area contributed by atoms with Gasteiger partial charge in [0.2, 0.25) is 0 Å². The molecule has 122 valence electrons. The number of nitrogens with one attached hydrogen (secondary N) is 2. The molecule has 0 unspecified atom stereocenters. The van der Waals surface area contributed by atoms with Gasteiger partial charge in [0.15, 0.2) is 6.61 Å². The number of aryl methyl sites for hydroxylation is 1. The van der Waals surface area contributed by atoms with E-state index in [4.69, 9.17) is 4.74 Å². The highest BCUT2D eigenvalue weighted by atomic mass is 16.5. The molecule has 2 N–H and O–H groups in total. The normalized spacial score (nSPS) is 9.95. The van der Waals surface area contributed by atoms with Gasteiger partial charge in [-0.05, 0) is 24.1 Å². The van der Waals surface area contributed by atoms with Crippen LogP contribution < -0.4 is 15.4 Å². The van der Waals surface area contributed by atoms with E-state index in [2.05, 4.69) is 17.6 Å². The van der Waals surface area contributed by atoms with Crippen LogP contribution in [0.15, 0.2) is 24.3 Å². The number of carbonyl (C=O) groups excluding carboxylic acids is 2. The molecule has 6 nitrogen and oxygen atoms in total. The predicted molar refractivity (Wildman–Crippen MR) is 86.0 cm³/mol. The summed E-state index contributed by atoms with van der Waals surface area (Å²) < 4.78 is 5.41. The van der Waals surface area contributed by atoms with E-state index in [1.807, 2.05) is 24.3 Å². The van der Waals surface area contributed by atoms with Gasteiger partial charge in [0.05, 0.1) is 0 Å². The van der Waals surface area contributed by atoms with Crippen molar-refractivity contribution < 1.29 is 14.3 Å². The number of amides is 3. The molecule has 0 aliphatic heterocycles. The Morgan fingerprint density at radius 3 is 2.32 bits per heavy atom. The van der Waals surface area contributed by atoms with Crippen molar-refractivity contribution in [3.8, 4) is 5.75 Å². The van der Waals surface area contributed by atoms with Crippen LogP contribution in [0.25, 0.3) is 0 Å². The molecule has 1 aromatic carbocycles. The Labute approximate surface area is 131 Å². The van der Waals surface area contributed by atoms with Crippen molar-refractivity contribution in [1.82, 2.24) is 15.5 Å². The maximum Gasteiger partial charge on any atom is 0.316 e. The number of urea groups is 1. The van der Waals surface area contributed by atoms with Gasteiger partial charge >= 0.3 is 6.03 Å². The number of hydrogen-bond acceptors (Lipinski definition) is 3. The van der Waals surface area contributed by atoms with Gasteiger partial charge in [-0.2, -0.15) is 0 Å². The molecule has 0 radical (unpaired) electrons. The second kappa shape index (κ2) is 9.65. The summed E-state index contributed by atoms with van der Waals surface area (Å²) in [7, 11) is 3.32. The molecule has 3 amide bonds. The summed E-state index contributed by atoms with van der Waals surface area (Å²) in [5, 5.41) is 5.34. The lowest BCUT2D eigenvalue weighted by molar-refractivity contribution is -0.123. The molecular weight excluding hydrogens is 282 g/mol. The first-order chi connectivity index (χ1) is 10.5. The van der Waals surface area contributed by atoms with Crippen LogP contribution in [0, 0.1) is 0 Å². The van der Waals surface area contributed by atoms with Gasteiger partial charge in [0, 0.05) is 27.2 Å². The van der Waals surface area contributed by atoms with Crippen LogP contribution in [0.1, 0.15) is 18.9 Å². The van der Waals surface area contributed by atoms with Crippen molar-refractivity contribution >= 4 is 11.9 Å². The molecule has 0 atom stereocenters. The van der Waals surface area contributed by atoms with Gasteiger partial charge < -0.3 is 20.3 Å². The fourth-order valence-electron chi connectivity index (χ4n) is 1.77. The molecule has 0 heterocycles. The lowest BCUT2D eigenvalue weighted by Crippen LogP contribution is -2.40. The smallest absolute Gasteiger partial charge is 0.316 e. The first kappa shape index (κ1) is 17.8.